The Labute approximate surface area is 83.2 Å². The van der Waals surface area contributed by atoms with Gasteiger partial charge in [-0.05, 0) is 32.3 Å². The summed E-state index contributed by atoms with van der Waals surface area (Å²) in [5.41, 5.74) is 0.930. The minimum Gasteiger partial charge on any atom is -0.295 e. The summed E-state index contributed by atoms with van der Waals surface area (Å²) in [5, 5.41) is 0. The first-order chi connectivity index (χ1) is 6.39. The van der Waals surface area contributed by atoms with E-state index in [4.69, 9.17) is 0 Å². The Bertz CT molecular complexity index is 252. The van der Waals surface area contributed by atoms with E-state index in [2.05, 4.69) is 0 Å². The van der Waals surface area contributed by atoms with Gasteiger partial charge in [0.1, 0.15) is 0 Å². The molecule has 1 nitrogen and oxygen atoms in total. The molecule has 1 saturated carbocycles. The van der Waals surface area contributed by atoms with Crippen molar-refractivity contribution in [2.24, 2.45) is 5.92 Å². The summed E-state index contributed by atoms with van der Waals surface area (Å²) in [4.78, 5) is 11.3. The number of ketones is 1. The first-order valence-corrected chi connectivity index (χ1v) is 4.94. The van der Waals surface area contributed by atoms with Gasteiger partial charge in [-0.25, -0.2) is 8.78 Å². The minimum atomic E-state index is -2.53. The lowest BCUT2D eigenvalue weighted by atomic mass is 10.00. The lowest BCUT2D eigenvalue weighted by Gasteiger charge is -2.08. The van der Waals surface area contributed by atoms with Crippen LogP contribution < -0.4 is 0 Å². The van der Waals surface area contributed by atoms with Gasteiger partial charge in [0.25, 0.3) is 0 Å². The maximum atomic E-state index is 12.8. The first-order valence-electron chi connectivity index (χ1n) is 4.94. The second kappa shape index (κ2) is 4.20. The van der Waals surface area contributed by atoms with Gasteiger partial charge in [-0.2, -0.15) is 0 Å². The second-order valence-electron chi connectivity index (χ2n) is 4.36. The van der Waals surface area contributed by atoms with E-state index in [0.29, 0.717) is 6.42 Å². The Balaban J connectivity index is 2.40. The van der Waals surface area contributed by atoms with Crippen molar-refractivity contribution in [3.05, 3.63) is 11.6 Å². The van der Waals surface area contributed by atoms with Gasteiger partial charge in [0.2, 0.25) is 5.92 Å². The van der Waals surface area contributed by atoms with Crippen LogP contribution in [-0.4, -0.2) is 11.7 Å². The third kappa shape index (κ3) is 3.56. The van der Waals surface area contributed by atoms with E-state index < -0.39 is 5.92 Å². The van der Waals surface area contributed by atoms with Crippen LogP contribution in [0.4, 0.5) is 8.78 Å². The standard InChI is InChI=1S/C11H16F2O/c1-8(2)5-10(14)6-9-3-4-11(12,13)7-9/h5,9H,3-4,6-7H2,1-2H3. The molecule has 0 radical (unpaired) electrons. The summed E-state index contributed by atoms with van der Waals surface area (Å²) in [7, 11) is 0. The summed E-state index contributed by atoms with van der Waals surface area (Å²) < 4.78 is 25.6. The van der Waals surface area contributed by atoms with Gasteiger partial charge in [-0.15, -0.1) is 0 Å². The number of carbonyl (C=O) groups is 1. The molecule has 3 heteroatoms. The largest absolute Gasteiger partial charge is 0.295 e. The molecule has 1 aliphatic rings. The highest BCUT2D eigenvalue weighted by Crippen LogP contribution is 2.40. The Hall–Kier alpha value is -0.730. The van der Waals surface area contributed by atoms with Crippen molar-refractivity contribution < 1.29 is 13.6 Å². The van der Waals surface area contributed by atoms with Gasteiger partial charge in [0, 0.05) is 19.3 Å². The predicted molar refractivity (Wildman–Crippen MR) is 51.3 cm³/mol. The topological polar surface area (TPSA) is 17.1 Å². The molecule has 0 aromatic carbocycles. The molecule has 1 fully saturated rings. The van der Waals surface area contributed by atoms with E-state index in [1.807, 2.05) is 13.8 Å². The van der Waals surface area contributed by atoms with Crippen molar-refractivity contribution in [3.63, 3.8) is 0 Å². The zero-order valence-corrected chi connectivity index (χ0v) is 8.65. The molecule has 1 unspecified atom stereocenters. The minimum absolute atomic E-state index is 0.0206. The van der Waals surface area contributed by atoms with E-state index in [9.17, 15) is 13.6 Å². The summed E-state index contributed by atoms with van der Waals surface area (Å²) in [5.74, 6) is -2.67. The van der Waals surface area contributed by atoms with E-state index in [1.54, 1.807) is 0 Å². The molecule has 14 heavy (non-hydrogen) atoms. The highest BCUT2D eigenvalue weighted by molar-refractivity contribution is 5.90. The molecule has 0 aromatic heterocycles. The molecule has 0 spiro atoms. The average Bonchev–Trinajstić information content (AvgIpc) is 2.27. The van der Waals surface area contributed by atoms with Crippen molar-refractivity contribution in [3.8, 4) is 0 Å². The highest BCUT2D eigenvalue weighted by Gasteiger charge is 2.39. The Morgan fingerprint density at radius 1 is 1.50 bits per heavy atom. The fourth-order valence-electron chi connectivity index (χ4n) is 1.88. The Kier molecular flexibility index (Phi) is 3.40. The van der Waals surface area contributed by atoms with Crippen LogP contribution in [0, 0.1) is 5.92 Å². The quantitative estimate of drug-likeness (QED) is 0.641. The average molecular weight is 202 g/mol. The van der Waals surface area contributed by atoms with E-state index in [0.717, 1.165) is 5.57 Å². The number of rotatable bonds is 3. The molecular weight excluding hydrogens is 186 g/mol. The smallest absolute Gasteiger partial charge is 0.248 e. The van der Waals surface area contributed by atoms with Crippen LogP contribution in [0.1, 0.15) is 39.5 Å². The van der Waals surface area contributed by atoms with Crippen molar-refractivity contribution in [1.29, 1.82) is 0 Å². The summed E-state index contributed by atoms with van der Waals surface area (Å²) >= 11 is 0. The van der Waals surface area contributed by atoms with Gasteiger partial charge in [0.15, 0.2) is 5.78 Å². The van der Waals surface area contributed by atoms with Crippen molar-refractivity contribution in [2.75, 3.05) is 0 Å². The molecule has 0 aromatic rings. The van der Waals surface area contributed by atoms with Crippen LogP contribution >= 0.6 is 0 Å². The van der Waals surface area contributed by atoms with Crippen molar-refractivity contribution >= 4 is 5.78 Å². The fourth-order valence-corrected chi connectivity index (χ4v) is 1.88. The van der Waals surface area contributed by atoms with E-state index >= 15 is 0 Å². The zero-order chi connectivity index (χ0) is 10.8. The molecule has 0 bridgehead atoms. The first kappa shape index (κ1) is 11.3. The summed E-state index contributed by atoms with van der Waals surface area (Å²) in [6, 6.07) is 0. The molecular formula is C11H16F2O. The van der Waals surface area contributed by atoms with Crippen molar-refractivity contribution in [2.45, 2.75) is 45.5 Å². The second-order valence-corrected chi connectivity index (χ2v) is 4.36. The third-order valence-electron chi connectivity index (χ3n) is 2.45. The van der Waals surface area contributed by atoms with E-state index in [-0.39, 0.29) is 31.0 Å². The van der Waals surface area contributed by atoms with Crippen molar-refractivity contribution in [1.82, 2.24) is 0 Å². The Morgan fingerprint density at radius 2 is 2.14 bits per heavy atom. The van der Waals surface area contributed by atoms with Gasteiger partial charge in [-0.3, -0.25) is 4.79 Å². The number of allylic oxidation sites excluding steroid dienone is 2. The van der Waals surface area contributed by atoms with Gasteiger partial charge < -0.3 is 0 Å². The number of hydrogen-bond acceptors (Lipinski definition) is 1. The molecule has 0 N–H and O–H groups in total. The van der Waals surface area contributed by atoms with Crippen LogP contribution in [0.2, 0.25) is 0 Å². The predicted octanol–water partition coefficient (Wildman–Crippen LogP) is 3.35. The molecule has 0 saturated heterocycles. The van der Waals surface area contributed by atoms with Crippen LogP contribution in [0.15, 0.2) is 11.6 Å². The van der Waals surface area contributed by atoms with Gasteiger partial charge in [-0.1, -0.05) is 5.57 Å². The molecule has 0 heterocycles. The number of halogens is 2. The molecule has 1 aliphatic carbocycles. The SMILES string of the molecule is CC(C)=CC(=O)CC1CCC(F)(F)C1. The molecule has 1 rings (SSSR count). The lowest BCUT2D eigenvalue weighted by molar-refractivity contribution is -0.115. The number of hydrogen-bond donors (Lipinski definition) is 0. The summed E-state index contributed by atoms with van der Waals surface area (Å²) in [6.45, 7) is 3.67. The van der Waals surface area contributed by atoms with Gasteiger partial charge in [0.05, 0.1) is 0 Å². The summed E-state index contributed by atoms with van der Waals surface area (Å²) in [6.07, 6.45) is 2.13. The monoisotopic (exact) mass is 202 g/mol. The van der Waals surface area contributed by atoms with Crippen LogP contribution in [0.25, 0.3) is 0 Å². The van der Waals surface area contributed by atoms with Crippen LogP contribution in [-0.2, 0) is 4.79 Å². The number of alkyl halides is 2. The highest BCUT2D eigenvalue weighted by atomic mass is 19.3. The maximum absolute atomic E-state index is 12.8. The molecule has 1 atom stereocenters. The molecule has 0 aliphatic heterocycles. The molecule has 80 valence electrons. The third-order valence-corrected chi connectivity index (χ3v) is 2.45. The normalized spacial score (nSPS) is 24.7. The van der Waals surface area contributed by atoms with E-state index in [1.165, 1.54) is 6.08 Å². The van der Waals surface area contributed by atoms with Gasteiger partial charge >= 0.3 is 0 Å². The maximum Gasteiger partial charge on any atom is 0.248 e. The number of carbonyl (C=O) groups excluding carboxylic acids is 1. The van der Waals surface area contributed by atoms with Crippen LogP contribution in [0.3, 0.4) is 0 Å². The van der Waals surface area contributed by atoms with Crippen LogP contribution in [0.5, 0.6) is 0 Å². The Morgan fingerprint density at radius 3 is 2.57 bits per heavy atom. The fraction of sp³-hybridized carbons (Fsp3) is 0.727. The molecule has 0 amide bonds. The lowest BCUT2D eigenvalue weighted by Crippen LogP contribution is -2.11. The zero-order valence-electron chi connectivity index (χ0n) is 8.65.